The Kier molecular flexibility index (Phi) is 59.5. The van der Waals surface area contributed by atoms with E-state index in [0.717, 1.165) is 116 Å². The maximum absolute atomic E-state index is 15.2. The lowest BCUT2D eigenvalue weighted by Crippen LogP contribution is -2.15. The number of carbonyl (C=O) groups is 3. The maximum atomic E-state index is 15.2. The van der Waals surface area contributed by atoms with Gasteiger partial charge >= 0.3 is 17.9 Å². The minimum absolute atomic E-state index is 0.0242. The van der Waals surface area contributed by atoms with E-state index < -0.39 is 17.9 Å². The van der Waals surface area contributed by atoms with E-state index in [4.69, 9.17) is 47.4 Å². The number of nitrogens with zero attached hydrogens (tertiary/aromatic N) is 1. The zero-order valence-corrected chi connectivity index (χ0v) is 75.9. The first-order chi connectivity index (χ1) is 58.0. The summed E-state index contributed by atoms with van der Waals surface area (Å²) in [5, 5.41) is 11.3. The van der Waals surface area contributed by atoms with Crippen molar-refractivity contribution in [2.75, 3.05) is 46.2 Å². The van der Waals surface area contributed by atoms with E-state index in [0.29, 0.717) is 92.2 Å². The van der Waals surface area contributed by atoms with Crippen LogP contribution in [0, 0.1) is 0 Å². The van der Waals surface area contributed by atoms with E-state index in [9.17, 15) is 9.90 Å². The molecule has 668 valence electrons. The highest BCUT2D eigenvalue weighted by atomic mass is 16.6. The Bertz CT molecular complexity index is 2980. The highest BCUT2D eigenvalue weighted by molar-refractivity contribution is 5.99. The van der Waals surface area contributed by atoms with Crippen molar-refractivity contribution in [2.24, 2.45) is 4.99 Å². The SMILES string of the molecule is CCCCCCCCCCCCOc1cc(C(=O)Oc2cc(OC(=O)c3cc(OCCCCCCCCCCCC)c(OCCCCCCCCCCCC)c(OCCCCCCCCCCCC)c3)cc(C(=O)Oc3ccc(C4=N[C@@H](C)CO4)c(O)c3)c2)cc(OCCCCCCCCCCCC)c1OCCCCCCCCCCCC. The number of phenols is 1. The van der Waals surface area contributed by atoms with Crippen LogP contribution in [0.2, 0.25) is 0 Å². The van der Waals surface area contributed by atoms with Crippen molar-refractivity contribution in [1.82, 2.24) is 0 Å². The fraction of sp³-hybridized carbons (Fsp3) is 0.728. The van der Waals surface area contributed by atoms with Crippen molar-refractivity contribution in [1.29, 1.82) is 0 Å². The Morgan fingerprint density at radius 3 is 0.763 bits per heavy atom. The summed E-state index contributed by atoms with van der Waals surface area (Å²) < 4.78 is 64.8. The summed E-state index contributed by atoms with van der Waals surface area (Å²) in [6, 6.07) is 15.2. The third-order valence-corrected chi connectivity index (χ3v) is 22.8. The molecule has 0 spiro atoms. The number of phenolic OH excluding ortho intramolecular Hbond substituents is 1. The van der Waals surface area contributed by atoms with E-state index >= 15 is 9.59 Å². The zero-order valence-electron chi connectivity index (χ0n) is 75.9. The van der Waals surface area contributed by atoms with Crippen LogP contribution in [0.5, 0.6) is 57.5 Å². The first-order valence-electron chi connectivity index (χ1n) is 49.0. The largest absolute Gasteiger partial charge is 0.507 e. The van der Waals surface area contributed by atoms with Gasteiger partial charge in [-0.1, -0.05) is 388 Å². The van der Waals surface area contributed by atoms with Gasteiger partial charge in [0, 0.05) is 12.1 Å². The van der Waals surface area contributed by atoms with Gasteiger partial charge in [0.25, 0.3) is 0 Å². The molecule has 0 saturated heterocycles. The summed E-state index contributed by atoms with van der Waals surface area (Å²) in [5.74, 6) is 0.000720. The van der Waals surface area contributed by atoms with Crippen molar-refractivity contribution >= 4 is 23.8 Å². The molecule has 0 fully saturated rings. The summed E-state index contributed by atoms with van der Waals surface area (Å²) in [6.45, 7) is 18.4. The fourth-order valence-corrected chi connectivity index (χ4v) is 15.4. The summed E-state index contributed by atoms with van der Waals surface area (Å²) in [7, 11) is 0. The molecule has 1 heterocycles. The average molecular weight is 1640 g/mol. The second-order valence-corrected chi connectivity index (χ2v) is 33.9. The number of benzene rings is 4. The van der Waals surface area contributed by atoms with E-state index in [-0.39, 0.29) is 45.7 Å². The predicted octanol–water partition coefficient (Wildman–Crippen LogP) is 31.0. The molecule has 1 aliphatic rings. The summed E-state index contributed by atoms with van der Waals surface area (Å²) in [4.78, 5) is 49.6. The van der Waals surface area contributed by atoms with Gasteiger partial charge in [0.1, 0.15) is 29.6 Å². The number of ether oxygens (including phenoxy) is 10. The highest BCUT2D eigenvalue weighted by Gasteiger charge is 2.26. The monoisotopic (exact) mass is 1640 g/mol. The van der Waals surface area contributed by atoms with Gasteiger partial charge in [0.15, 0.2) is 23.0 Å². The quantitative estimate of drug-likeness (QED) is 0.0251. The molecule has 0 saturated carbocycles. The molecule has 15 heteroatoms. The van der Waals surface area contributed by atoms with Crippen molar-refractivity contribution in [3.8, 4) is 57.5 Å². The minimum atomic E-state index is -0.881. The summed E-state index contributed by atoms with van der Waals surface area (Å²) in [5.41, 5.74) is 0.526. The van der Waals surface area contributed by atoms with Gasteiger partial charge in [0.05, 0.1) is 67.9 Å². The first-order valence-corrected chi connectivity index (χ1v) is 49.0. The van der Waals surface area contributed by atoms with Crippen LogP contribution in [0.3, 0.4) is 0 Å². The van der Waals surface area contributed by atoms with E-state index in [1.54, 1.807) is 36.4 Å². The molecule has 1 N–H and O–H groups in total. The van der Waals surface area contributed by atoms with E-state index in [2.05, 4.69) is 46.5 Å². The Morgan fingerprint density at radius 2 is 0.525 bits per heavy atom. The number of hydrogen-bond acceptors (Lipinski definition) is 15. The lowest BCUT2D eigenvalue weighted by Gasteiger charge is -2.19. The number of aliphatic imine (C=N–C) groups is 1. The first kappa shape index (κ1) is 102. The Hall–Kier alpha value is -6.64. The molecule has 1 atom stereocenters. The van der Waals surface area contributed by atoms with Crippen molar-refractivity contribution in [3.63, 3.8) is 0 Å². The van der Waals surface area contributed by atoms with Gasteiger partial charge in [-0.2, -0.15) is 0 Å². The van der Waals surface area contributed by atoms with E-state index in [1.165, 1.54) is 294 Å². The molecule has 4 aromatic rings. The zero-order chi connectivity index (χ0) is 84.2. The lowest BCUT2D eigenvalue weighted by molar-refractivity contribution is 0.0704. The van der Waals surface area contributed by atoms with Crippen molar-refractivity contribution in [3.05, 3.63) is 82.9 Å². The van der Waals surface area contributed by atoms with Gasteiger partial charge in [-0.3, -0.25) is 0 Å². The summed E-state index contributed by atoms with van der Waals surface area (Å²) >= 11 is 0. The van der Waals surface area contributed by atoms with E-state index in [1.807, 2.05) is 6.92 Å². The van der Waals surface area contributed by atoms with Gasteiger partial charge in [-0.15, -0.1) is 0 Å². The molecule has 0 aliphatic carbocycles. The molecule has 15 nitrogen and oxygen atoms in total. The van der Waals surface area contributed by atoms with Crippen LogP contribution in [0.1, 0.15) is 470 Å². The lowest BCUT2D eigenvalue weighted by atomic mass is 10.1. The Labute approximate surface area is 718 Å². The minimum Gasteiger partial charge on any atom is -0.507 e. The normalized spacial score (nSPS) is 12.5. The molecule has 5 rings (SSSR count). The number of carbonyl (C=O) groups excluding carboxylic acids is 3. The number of unbranched alkanes of at least 4 members (excludes halogenated alkanes) is 54. The van der Waals surface area contributed by atoms with Crippen LogP contribution in [0.15, 0.2) is 65.7 Å². The third kappa shape index (κ3) is 47.0. The predicted molar refractivity (Wildman–Crippen MR) is 488 cm³/mol. The molecule has 0 unspecified atom stereocenters. The van der Waals surface area contributed by atoms with Crippen molar-refractivity contribution in [2.45, 2.75) is 440 Å². The average Bonchev–Trinajstić information content (AvgIpc) is 0.897. The number of aromatic hydroxyl groups is 1. The molecule has 4 aromatic carbocycles. The van der Waals surface area contributed by atoms with Crippen LogP contribution < -0.4 is 42.6 Å². The topological polar surface area (TPSA) is 176 Å². The fourth-order valence-electron chi connectivity index (χ4n) is 15.4. The number of hydrogen-bond donors (Lipinski definition) is 1. The smallest absolute Gasteiger partial charge is 0.343 e. The van der Waals surface area contributed by atoms with Crippen LogP contribution in [-0.4, -0.2) is 81.2 Å². The van der Waals surface area contributed by atoms with Crippen LogP contribution in [-0.2, 0) is 4.74 Å². The summed E-state index contributed by atoms with van der Waals surface area (Å²) in [6.07, 6.45) is 71.1. The van der Waals surface area contributed by atoms with Gasteiger partial charge in [-0.25, -0.2) is 19.4 Å². The van der Waals surface area contributed by atoms with Crippen LogP contribution >= 0.6 is 0 Å². The molecule has 0 amide bonds. The second-order valence-electron chi connectivity index (χ2n) is 33.9. The molecule has 0 bridgehead atoms. The standard InChI is InChI=1S/C103H167NO14/c1-8-14-20-26-32-38-44-50-56-62-70-109-94-78-87(79-95(110-71-63-57-51-45-39-33-27-21-15-9-2)98(94)113-74-66-60-54-48-42-36-30-24-18-12-5)102(107)117-90-76-86(101(106)116-89-68-69-92(93(105)83-89)100-104-85(7)84-115-100)77-91(82-90)118-103(108)88-80-96(111-72-64-58-52-46-40-34-28-22-16-10-3)99(114-75-67-61-55-49-43-37-31-25-19-13-6)97(81-88)112-73-65-59-53-47-41-35-29-23-17-11-4/h68-69,76-83,85,105H,8-67,70-75,84H2,1-7H3/t85-/m0/s1. The molecular formula is C103H167NO14. The molecule has 0 aromatic heterocycles. The highest BCUT2D eigenvalue weighted by Crippen LogP contribution is 2.43. The van der Waals surface area contributed by atoms with Gasteiger partial charge in [0.2, 0.25) is 17.4 Å². The van der Waals surface area contributed by atoms with Gasteiger partial charge in [-0.05, 0) is 94.0 Å². The number of rotatable bonds is 79. The number of esters is 3. The van der Waals surface area contributed by atoms with Crippen molar-refractivity contribution < 1.29 is 66.9 Å². The van der Waals surface area contributed by atoms with Crippen LogP contribution in [0.4, 0.5) is 0 Å². The Morgan fingerprint density at radius 1 is 0.297 bits per heavy atom. The molecular weight excluding hydrogens is 1480 g/mol. The third-order valence-electron chi connectivity index (χ3n) is 22.8. The molecule has 0 radical (unpaired) electrons. The molecule has 118 heavy (non-hydrogen) atoms. The van der Waals surface area contributed by atoms with Gasteiger partial charge < -0.3 is 52.5 Å². The second kappa shape index (κ2) is 68.9. The maximum Gasteiger partial charge on any atom is 0.343 e. The Balaban J connectivity index is 1.53. The molecule has 1 aliphatic heterocycles. The van der Waals surface area contributed by atoms with Crippen LogP contribution in [0.25, 0.3) is 0 Å².